The van der Waals surface area contributed by atoms with E-state index in [0.29, 0.717) is 0 Å². The van der Waals surface area contributed by atoms with Gasteiger partial charge in [-0.25, -0.2) is 0 Å². The van der Waals surface area contributed by atoms with Crippen LogP contribution in [-0.2, 0) is 27.4 Å². The zero-order valence-corrected chi connectivity index (χ0v) is 19.8. The number of halogens is 3. The molecule has 3 aromatic rings. The van der Waals surface area contributed by atoms with E-state index in [4.69, 9.17) is 4.74 Å². The molecule has 1 unspecified atom stereocenters. The molecule has 1 aliphatic heterocycles. The number of ether oxygens (including phenoxy) is 1. The van der Waals surface area contributed by atoms with Crippen molar-refractivity contribution in [2.24, 2.45) is 0 Å². The molecule has 0 amide bonds. The van der Waals surface area contributed by atoms with Gasteiger partial charge in [0.2, 0.25) is 0 Å². The first-order valence-electron chi connectivity index (χ1n) is 7.38. The van der Waals surface area contributed by atoms with E-state index in [0.717, 1.165) is 34.0 Å². The zero-order chi connectivity index (χ0) is 16.9. The SMILES string of the molecule is BrC1[C-]=C2C=c3ccccc3=C2O1.[Cl-].[Cl-].[S]=[Zr+2].c1ccc2[cH-]ccc2c1. The van der Waals surface area contributed by atoms with Crippen molar-refractivity contribution in [3.05, 3.63) is 88.8 Å². The van der Waals surface area contributed by atoms with Crippen LogP contribution in [0.2, 0.25) is 0 Å². The minimum absolute atomic E-state index is 0. The minimum atomic E-state index is -0.0814. The third kappa shape index (κ3) is 5.27. The van der Waals surface area contributed by atoms with Gasteiger partial charge in [-0.2, -0.15) is 29.2 Å². The van der Waals surface area contributed by atoms with Crippen molar-refractivity contribution in [3.63, 3.8) is 0 Å². The van der Waals surface area contributed by atoms with Crippen LogP contribution >= 0.6 is 24.8 Å². The summed E-state index contributed by atoms with van der Waals surface area (Å²) in [5.74, 6) is 0.956. The summed E-state index contributed by atoms with van der Waals surface area (Å²) >= 11 is 4.48. The first-order chi connectivity index (χ1) is 11.8. The van der Waals surface area contributed by atoms with Crippen LogP contribution in [-0.4, -0.2) is 5.01 Å². The molecule has 0 aromatic heterocycles. The molecule has 1 aliphatic carbocycles. The van der Waals surface area contributed by atoms with Crippen molar-refractivity contribution < 1.29 is 52.2 Å². The maximum Gasteiger partial charge on any atom is -0.0809 e. The molecule has 0 bridgehead atoms. The van der Waals surface area contributed by atoms with E-state index in [2.05, 4.69) is 91.5 Å². The van der Waals surface area contributed by atoms with Crippen LogP contribution in [0.25, 0.3) is 22.6 Å². The van der Waals surface area contributed by atoms with E-state index in [1.807, 2.05) is 12.1 Å². The average Bonchev–Trinajstić information content (AvgIpc) is 3.31. The maximum atomic E-state index is 5.57. The van der Waals surface area contributed by atoms with Crippen LogP contribution < -0.4 is 35.3 Å². The second kappa shape index (κ2) is 11.4. The summed E-state index contributed by atoms with van der Waals surface area (Å²) in [6.45, 7) is 0. The fourth-order valence-corrected chi connectivity index (χ4v) is 3.19. The number of fused-ring (bicyclic) bond motifs is 3. The van der Waals surface area contributed by atoms with E-state index in [1.54, 1.807) is 0 Å². The molecule has 1 heterocycles. The normalized spacial score (nSPS) is 15.3. The summed E-state index contributed by atoms with van der Waals surface area (Å²) in [4.78, 5) is 0. The van der Waals surface area contributed by atoms with Gasteiger partial charge in [0, 0.05) is 5.76 Å². The molecule has 1 nitrogen and oxygen atoms in total. The Bertz CT molecular complexity index is 986. The molecule has 0 saturated carbocycles. The molecular formula is C20H13BrCl2OSZr-2. The first kappa shape index (κ1) is 23.5. The van der Waals surface area contributed by atoms with Crippen molar-refractivity contribution in [2.75, 3.05) is 0 Å². The van der Waals surface area contributed by atoms with Gasteiger partial charge in [-0.15, -0.1) is 35.7 Å². The van der Waals surface area contributed by atoms with Gasteiger partial charge in [0.15, 0.2) is 0 Å². The van der Waals surface area contributed by atoms with Gasteiger partial charge in [0.05, 0.1) is 0 Å². The van der Waals surface area contributed by atoms with E-state index >= 15 is 0 Å². The summed E-state index contributed by atoms with van der Waals surface area (Å²) in [5, 5.41) is 4.98. The van der Waals surface area contributed by atoms with Crippen LogP contribution in [0.15, 0.2) is 72.3 Å². The van der Waals surface area contributed by atoms with Crippen LogP contribution in [0.4, 0.5) is 0 Å². The number of alkyl halides is 1. The number of benzene rings is 2. The molecule has 0 radical (unpaired) electrons. The van der Waals surface area contributed by atoms with Crippen LogP contribution in [0, 0.1) is 6.08 Å². The second-order valence-corrected chi connectivity index (χ2v) is 6.04. The Labute approximate surface area is 191 Å². The molecule has 132 valence electrons. The summed E-state index contributed by atoms with van der Waals surface area (Å²) in [5.41, 5.74) is 1.07. The number of hydrogen-bond donors (Lipinski definition) is 0. The molecule has 2 aliphatic rings. The van der Waals surface area contributed by atoms with Gasteiger partial charge in [0.25, 0.3) is 0 Å². The van der Waals surface area contributed by atoms with Crippen LogP contribution in [0.3, 0.4) is 0 Å². The largest absolute Gasteiger partial charge is 0.168 e. The smallest absolute Gasteiger partial charge is 0.0809 e. The van der Waals surface area contributed by atoms with E-state index < -0.39 is 0 Å². The summed E-state index contributed by atoms with van der Waals surface area (Å²) in [7, 11) is 4.17. The molecule has 26 heavy (non-hydrogen) atoms. The van der Waals surface area contributed by atoms with Crippen LogP contribution in [0.5, 0.6) is 0 Å². The Morgan fingerprint density at radius 3 is 2.46 bits per heavy atom. The van der Waals surface area contributed by atoms with Crippen LogP contribution in [0.1, 0.15) is 0 Å². The molecule has 0 saturated heterocycles. The second-order valence-electron chi connectivity index (χ2n) is 5.21. The predicted octanol–water partition coefficient (Wildman–Crippen LogP) is -1.72. The predicted molar refractivity (Wildman–Crippen MR) is 101 cm³/mol. The Kier molecular flexibility index (Phi) is 10.3. The number of hydrogen-bond acceptors (Lipinski definition) is 2. The van der Waals surface area contributed by atoms with Gasteiger partial charge in [-0.05, 0) is 5.22 Å². The van der Waals surface area contributed by atoms with Gasteiger partial charge in [-0.1, -0.05) is 51.5 Å². The fourth-order valence-electron chi connectivity index (χ4n) is 2.76. The molecule has 6 heteroatoms. The van der Waals surface area contributed by atoms with Crippen molar-refractivity contribution in [2.45, 2.75) is 5.01 Å². The Morgan fingerprint density at radius 2 is 1.69 bits per heavy atom. The summed E-state index contributed by atoms with van der Waals surface area (Å²) in [6, 6.07) is 22.9. The molecule has 0 fully saturated rings. The quantitative estimate of drug-likeness (QED) is 0.247. The molecule has 5 rings (SSSR count). The van der Waals surface area contributed by atoms with Gasteiger partial charge in [0.1, 0.15) is 5.01 Å². The molecular weight excluding hydrogens is 530 g/mol. The average molecular weight is 543 g/mol. The standard InChI is InChI=1S/C11H6BrO.C9H7.2ClH.S.Zr/c12-10-6-8-5-7-3-1-2-4-9(7)11(8)13-10;1-2-5-9-7-3-6-8(9)4-1;;;;/h1-5,10H;1-7H;2*1H;;/q2*-1;;;;+2/p-2. The molecule has 0 N–H and O–H groups in total. The van der Waals surface area contributed by atoms with Crippen molar-refractivity contribution in [1.29, 1.82) is 0 Å². The molecule has 1 atom stereocenters. The zero-order valence-electron chi connectivity index (χ0n) is 13.5. The third-order valence-electron chi connectivity index (χ3n) is 3.79. The topological polar surface area (TPSA) is 9.23 Å². The van der Waals surface area contributed by atoms with E-state index in [9.17, 15) is 0 Å². The third-order valence-corrected chi connectivity index (χ3v) is 4.20. The molecule has 3 aromatic carbocycles. The molecule has 0 spiro atoms. The van der Waals surface area contributed by atoms with Gasteiger partial charge < -0.3 is 29.6 Å². The maximum absolute atomic E-state index is 5.57. The Hall–Kier alpha value is -0.507. The fraction of sp³-hybridized carbons (Fsp3) is 0.0500. The van der Waals surface area contributed by atoms with Crippen molar-refractivity contribution in [1.82, 2.24) is 0 Å². The van der Waals surface area contributed by atoms with E-state index in [-0.39, 0.29) is 29.8 Å². The first-order valence-corrected chi connectivity index (χ1v) is 11.7. The minimum Gasteiger partial charge on any atom is -0.168 e. The summed E-state index contributed by atoms with van der Waals surface area (Å²) in [6.07, 6.45) is 5.28. The van der Waals surface area contributed by atoms with Crippen molar-refractivity contribution >= 4 is 47.4 Å². The van der Waals surface area contributed by atoms with E-state index in [1.165, 1.54) is 21.2 Å². The Balaban J connectivity index is 0.000000232. The van der Waals surface area contributed by atoms with Crippen molar-refractivity contribution in [3.8, 4) is 0 Å². The summed E-state index contributed by atoms with van der Waals surface area (Å²) < 4.78 is 5.57. The van der Waals surface area contributed by atoms with Gasteiger partial charge >= 0.3 is 31.5 Å². The Morgan fingerprint density at radius 1 is 1.00 bits per heavy atom. The monoisotopic (exact) mass is 540 g/mol. The van der Waals surface area contributed by atoms with Gasteiger partial charge in [-0.3, -0.25) is 0 Å². The number of rotatable bonds is 0.